The summed E-state index contributed by atoms with van der Waals surface area (Å²) in [6, 6.07) is 0. The lowest BCUT2D eigenvalue weighted by Crippen LogP contribution is -2.03. The van der Waals surface area contributed by atoms with Gasteiger partial charge in [0.05, 0.1) is 6.10 Å². The Kier molecular flexibility index (Phi) is 6.80. The Morgan fingerprint density at radius 1 is 0.882 bits per heavy atom. The molecule has 1 saturated heterocycles. The van der Waals surface area contributed by atoms with E-state index in [1.807, 2.05) is 0 Å². The van der Waals surface area contributed by atoms with Gasteiger partial charge >= 0.3 is 0 Å². The quantitative estimate of drug-likeness (QED) is 0.577. The van der Waals surface area contributed by atoms with Crippen molar-refractivity contribution in [2.75, 3.05) is 12.4 Å². The van der Waals surface area contributed by atoms with Crippen molar-refractivity contribution in [1.82, 2.24) is 0 Å². The Hall–Kier alpha value is 0.310. The zero-order valence-corrected chi connectivity index (χ0v) is 12.0. The maximum atomic E-state index is 5.64. The fourth-order valence-electron chi connectivity index (χ4n) is 3.00. The molecule has 2 heteroatoms. The van der Waals surface area contributed by atoms with Crippen LogP contribution in [-0.2, 0) is 4.74 Å². The zero-order valence-electron chi connectivity index (χ0n) is 11.2. The van der Waals surface area contributed by atoms with E-state index in [1.54, 1.807) is 0 Å². The van der Waals surface area contributed by atoms with E-state index in [0.717, 1.165) is 11.9 Å². The molecule has 0 aromatic carbocycles. The number of ether oxygens (including phenoxy) is 1. The zero-order chi connectivity index (χ0) is 11.8. The molecule has 1 atom stereocenters. The maximum Gasteiger partial charge on any atom is 0.0576 e. The molecule has 2 fully saturated rings. The molecule has 0 radical (unpaired) electrons. The lowest BCUT2D eigenvalue weighted by Gasteiger charge is -2.09. The molecular weight excluding hydrogens is 228 g/mol. The first-order chi connectivity index (χ1) is 8.45. The summed E-state index contributed by atoms with van der Waals surface area (Å²) >= 11 is 2.24. The predicted molar refractivity (Wildman–Crippen MR) is 76.8 cm³/mol. The van der Waals surface area contributed by atoms with Crippen LogP contribution in [0.2, 0.25) is 0 Å². The van der Waals surface area contributed by atoms with Gasteiger partial charge in [-0.3, -0.25) is 0 Å². The van der Waals surface area contributed by atoms with E-state index in [9.17, 15) is 0 Å². The molecular formula is C15H28OS. The van der Waals surface area contributed by atoms with Gasteiger partial charge in [0.1, 0.15) is 0 Å². The molecule has 1 unspecified atom stereocenters. The normalized spacial score (nSPS) is 25.8. The van der Waals surface area contributed by atoms with Crippen LogP contribution in [0, 0.1) is 0 Å². The van der Waals surface area contributed by atoms with E-state index >= 15 is 0 Å². The molecule has 17 heavy (non-hydrogen) atoms. The lowest BCUT2D eigenvalue weighted by atomic mass is 10.1. The van der Waals surface area contributed by atoms with Gasteiger partial charge < -0.3 is 4.74 Å². The Bertz CT molecular complexity index is 163. The van der Waals surface area contributed by atoms with Gasteiger partial charge in [-0.1, -0.05) is 32.1 Å². The summed E-state index contributed by atoms with van der Waals surface area (Å²) in [5.41, 5.74) is 0. The van der Waals surface area contributed by atoms with Crippen molar-refractivity contribution < 1.29 is 4.74 Å². The second kappa shape index (κ2) is 8.42. The Morgan fingerprint density at radius 2 is 1.71 bits per heavy atom. The van der Waals surface area contributed by atoms with Gasteiger partial charge in [0.15, 0.2) is 0 Å². The third kappa shape index (κ3) is 5.65. The highest BCUT2D eigenvalue weighted by molar-refractivity contribution is 7.99. The average Bonchev–Trinajstić information content (AvgIpc) is 3.00. The summed E-state index contributed by atoms with van der Waals surface area (Å²) < 4.78 is 5.64. The van der Waals surface area contributed by atoms with Crippen LogP contribution >= 0.6 is 11.8 Å². The van der Waals surface area contributed by atoms with E-state index in [4.69, 9.17) is 4.74 Å². The summed E-state index contributed by atoms with van der Waals surface area (Å²) in [6.45, 7) is 1.02. The van der Waals surface area contributed by atoms with Crippen molar-refractivity contribution in [3.8, 4) is 0 Å². The Labute approximate surface area is 111 Å². The molecule has 1 aliphatic carbocycles. The van der Waals surface area contributed by atoms with Crippen molar-refractivity contribution in [3.63, 3.8) is 0 Å². The lowest BCUT2D eigenvalue weighted by molar-refractivity contribution is 0.102. The van der Waals surface area contributed by atoms with Crippen molar-refractivity contribution in [1.29, 1.82) is 0 Å². The van der Waals surface area contributed by atoms with Crippen LogP contribution in [-0.4, -0.2) is 23.7 Å². The minimum atomic E-state index is 0.614. The van der Waals surface area contributed by atoms with Crippen LogP contribution in [0.15, 0.2) is 0 Å². The van der Waals surface area contributed by atoms with Gasteiger partial charge in [-0.25, -0.2) is 0 Å². The summed E-state index contributed by atoms with van der Waals surface area (Å²) in [7, 11) is 0. The minimum absolute atomic E-state index is 0.614. The third-order valence-electron chi connectivity index (χ3n) is 4.10. The van der Waals surface area contributed by atoms with Crippen molar-refractivity contribution in [3.05, 3.63) is 0 Å². The van der Waals surface area contributed by atoms with E-state index in [0.29, 0.717) is 6.10 Å². The second-order valence-electron chi connectivity index (χ2n) is 5.62. The second-order valence-corrected chi connectivity index (χ2v) is 7.02. The molecule has 1 saturated carbocycles. The van der Waals surface area contributed by atoms with Crippen LogP contribution in [0.5, 0.6) is 0 Å². The summed E-state index contributed by atoms with van der Waals surface area (Å²) in [5.74, 6) is 1.41. The molecule has 0 aromatic heterocycles. The highest BCUT2D eigenvalue weighted by Gasteiger charge is 2.15. The van der Waals surface area contributed by atoms with E-state index < -0.39 is 0 Å². The van der Waals surface area contributed by atoms with E-state index in [1.165, 1.54) is 76.4 Å². The fourth-order valence-corrected chi connectivity index (χ4v) is 4.38. The molecule has 1 heterocycles. The summed E-state index contributed by atoms with van der Waals surface area (Å²) in [4.78, 5) is 0. The standard InChI is InChI=1S/C15H28OS/c1(3-8-14-9-7-12-16-14)2-6-13-17-15-10-4-5-11-15/h14-15H,1-13H2. The SMILES string of the molecule is C(CCCC1CCCO1)CCSC1CCCC1. The first-order valence-electron chi connectivity index (χ1n) is 7.68. The Morgan fingerprint density at radius 3 is 2.47 bits per heavy atom. The number of thioether (sulfide) groups is 1. The fraction of sp³-hybridized carbons (Fsp3) is 1.00. The van der Waals surface area contributed by atoms with Crippen LogP contribution in [0.3, 0.4) is 0 Å². The van der Waals surface area contributed by atoms with Gasteiger partial charge in [0.25, 0.3) is 0 Å². The molecule has 0 aromatic rings. The van der Waals surface area contributed by atoms with Gasteiger partial charge in [0.2, 0.25) is 0 Å². The molecule has 0 spiro atoms. The van der Waals surface area contributed by atoms with E-state index in [-0.39, 0.29) is 0 Å². The van der Waals surface area contributed by atoms with Crippen LogP contribution in [0.25, 0.3) is 0 Å². The maximum absolute atomic E-state index is 5.64. The topological polar surface area (TPSA) is 9.23 Å². The highest BCUT2D eigenvalue weighted by atomic mass is 32.2. The first kappa shape index (κ1) is 13.7. The largest absolute Gasteiger partial charge is 0.378 e. The highest BCUT2D eigenvalue weighted by Crippen LogP contribution is 2.30. The average molecular weight is 256 g/mol. The van der Waals surface area contributed by atoms with Gasteiger partial charge in [-0.05, 0) is 44.3 Å². The van der Waals surface area contributed by atoms with Crippen molar-refractivity contribution in [2.24, 2.45) is 0 Å². The Balaban J connectivity index is 1.33. The molecule has 1 aliphatic heterocycles. The molecule has 0 bridgehead atoms. The third-order valence-corrected chi connectivity index (χ3v) is 5.57. The van der Waals surface area contributed by atoms with Crippen molar-refractivity contribution >= 4 is 11.8 Å². The molecule has 1 nitrogen and oxygen atoms in total. The van der Waals surface area contributed by atoms with Crippen LogP contribution in [0.4, 0.5) is 0 Å². The van der Waals surface area contributed by atoms with Gasteiger partial charge in [0, 0.05) is 11.9 Å². The van der Waals surface area contributed by atoms with Crippen LogP contribution in [0.1, 0.15) is 70.6 Å². The molecule has 100 valence electrons. The number of hydrogen-bond acceptors (Lipinski definition) is 2. The summed E-state index contributed by atoms with van der Waals surface area (Å²) in [5, 5.41) is 1.02. The first-order valence-corrected chi connectivity index (χ1v) is 8.73. The number of unbranched alkanes of at least 4 members (excludes halogenated alkanes) is 3. The monoisotopic (exact) mass is 256 g/mol. The minimum Gasteiger partial charge on any atom is -0.378 e. The smallest absolute Gasteiger partial charge is 0.0576 e. The summed E-state index contributed by atoms with van der Waals surface area (Å²) in [6.07, 6.45) is 16.2. The number of hydrogen-bond donors (Lipinski definition) is 0. The molecule has 0 N–H and O–H groups in total. The van der Waals surface area contributed by atoms with Crippen LogP contribution < -0.4 is 0 Å². The van der Waals surface area contributed by atoms with Gasteiger partial charge in [-0.2, -0.15) is 11.8 Å². The molecule has 2 aliphatic rings. The van der Waals surface area contributed by atoms with E-state index in [2.05, 4.69) is 11.8 Å². The number of rotatable bonds is 8. The molecule has 2 rings (SSSR count). The molecule has 0 amide bonds. The van der Waals surface area contributed by atoms with Crippen molar-refractivity contribution in [2.45, 2.75) is 82.0 Å². The predicted octanol–water partition coefficient (Wildman–Crippen LogP) is 4.79. The van der Waals surface area contributed by atoms with Gasteiger partial charge in [-0.15, -0.1) is 0 Å².